The van der Waals surface area contributed by atoms with E-state index in [9.17, 15) is 0 Å². The Kier molecular flexibility index (Phi) is 2.41. The van der Waals surface area contributed by atoms with Gasteiger partial charge < -0.3 is 15.8 Å². The first-order valence-corrected chi connectivity index (χ1v) is 4.60. The van der Waals surface area contributed by atoms with E-state index in [2.05, 4.69) is 9.97 Å². The van der Waals surface area contributed by atoms with Crippen molar-refractivity contribution in [3.05, 3.63) is 29.0 Å². The lowest BCUT2D eigenvalue weighted by Gasteiger charge is -2.01. The molecule has 0 aliphatic carbocycles. The number of imidazole rings is 1. The first kappa shape index (κ1) is 9.45. The number of H-pyrrole nitrogens is 1. The van der Waals surface area contributed by atoms with Crippen molar-refractivity contribution in [2.24, 2.45) is 5.73 Å². The van der Waals surface area contributed by atoms with Crippen molar-refractivity contribution in [1.82, 2.24) is 9.97 Å². The van der Waals surface area contributed by atoms with Crippen LogP contribution in [0.3, 0.4) is 0 Å². The number of nitrogens with one attached hydrogen (secondary N) is 1. The Morgan fingerprint density at radius 1 is 1.57 bits per heavy atom. The summed E-state index contributed by atoms with van der Waals surface area (Å²) in [6, 6.07) is 4.87. The minimum Gasteiger partial charge on any atom is -0.394 e. The molecular weight excluding hydrogens is 202 g/mol. The topological polar surface area (TPSA) is 74.9 Å². The lowest BCUT2D eigenvalue weighted by atomic mass is 10.3. The van der Waals surface area contributed by atoms with Gasteiger partial charge in [0.15, 0.2) is 0 Å². The Balaban J connectivity index is 2.51. The number of benzene rings is 1. The SMILES string of the molecule is N[C@@H](CO)c1nc2ccc(Cl)cc2[nH]1. The maximum absolute atomic E-state index is 8.86. The molecule has 0 unspecified atom stereocenters. The summed E-state index contributed by atoms with van der Waals surface area (Å²) in [5.41, 5.74) is 7.25. The zero-order chi connectivity index (χ0) is 10.1. The quantitative estimate of drug-likeness (QED) is 0.699. The summed E-state index contributed by atoms with van der Waals surface area (Å²) < 4.78 is 0. The van der Waals surface area contributed by atoms with Crippen molar-refractivity contribution in [1.29, 1.82) is 0 Å². The molecule has 4 N–H and O–H groups in total. The largest absolute Gasteiger partial charge is 0.394 e. The number of hydrogen-bond acceptors (Lipinski definition) is 3. The molecule has 1 atom stereocenters. The van der Waals surface area contributed by atoms with Crippen molar-refractivity contribution in [2.75, 3.05) is 6.61 Å². The zero-order valence-electron chi connectivity index (χ0n) is 7.37. The molecule has 0 aliphatic rings. The van der Waals surface area contributed by atoms with Crippen molar-refractivity contribution < 1.29 is 5.11 Å². The fourth-order valence-electron chi connectivity index (χ4n) is 1.26. The Bertz CT molecular complexity index is 454. The van der Waals surface area contributed by atoms with Gasteiger partial charge in [0.1, 0.15) is 5.82 Å². The summed E-state index contributed by atoms with van der Waals surface area (Å²) in [4.78, 5) is 7.23. The van der Waals surface area contributed by atoms with Gasteiger partial charge in [-0.3, -0.25) is 0 Å². The number of aliphatic hydroxyl groups excluding tert-OH is 1. The van der Waals surface area contributed by atoms with Gasteiger partial charge in [0, 0.05) is 5.02 Å². The Hall–Kier alpha value is -1.10. The molecule has 1 aromatic heterocycles. The van der Waals surface area contributed by atoms with Crippen LogP contribution < -0.4 is 5.73 Å². The molecule has 0 spiro atoms. The minimum absolute atomic E-state index is 0.131. The molecule has 0 saturated heterocycles. The normalized spacial score (nSPS) is 13.4. The number of aromatic nitrogens is 2. The first-order chi connectivity index (χ1) is 6.70. The molecule has 1 aromatic carbocycles. The number of nitrogens with zero attached hydrogens (tertiary/aromatic N) is 1. The van der Waals surface area contributed by atoms with Crippen LogP contribution in [0.2, 0.25) is 5.02 Å². The number of halogens is 1. The summed E-state index contributed by atoms with van der Waals surface area (Å²) in [6.45, 7) is -0.131. The van der Waals surface area contributed by atoms with Crippen LogP contribution >= 0.6 is 11.6 Å². The van der Waals surface area contributed by atoms with Gasteiger partial charge in [-0.2, -0.15) is 0 Å². The van der Waals surface area contributed by atoms with Gasteiger partial charge in [-0.25, -0.2) is 4.98 Å². The Morgan fingerprint density at radius 2 is 2.36 bits per heavy atom. The smallest absolute Gasteiger partial charge is 0.126 e. The van der Waals surface area contributed by atoms with Crippen LogP contribution in [0, 0.1) is 0 Å². The molecule has 0 saturated carbocycles. The standard InChI is InChI=1S/C9H10ClN3O/c10-5-1-2-7-8(3-5)13-9(12-7)6(11)4-14/h1-3,6,14H,4,11H2,(H,12,13)/t6-/m0/s1. The van der Waals surface area contributed by atoms with E-state index in [1.54, 1.807) is 12.1 Å². The highest BCUT2D eigenvalue weighted by Gasteiger charge is 2.09. The zero-order valence-corrected chi connectivity index (χ0v) is 8.12. The fourth-order valence-corrected chi connectivity index (χ4v) is 1.44. The molecule has 2 rings (SSSR count). The van der Waals surface area contributed by atoms with Gasteiger partial charge in [-0.1, -0.05) is 11.6 Å². The summed E-state index contributed by atoms with van der Waals surface area (Å²) in [5.74, 6) is 0.574. The maximum Gasteiger partial charge on any atom is 0.126 e. The van der Waals surface area contributed by atoms with E-state index in [4.69, 9.17) is 22.4 Å². The second kappa shape index (κ2) is 3.57. The van der Waals surface area contributed by atoms with E-state index in [0.717, 1.165) is 11.0 Å². The highest BCUT2D eigenvalue weighted by Crippen LogP contribution is 2.18. The molecule has 0 aliphatic heterocycles. The third kappa shape index (κ3) is 1.59. The molecular formula is C9H10ClN3O. The van der Waals surface area contributed by atoms with Crippen LogP contribution in [-0.4, -0.2) is 21.7 Å². The molecule has 74 valence electrons. The average molecular weight is 212 g/mol. The monoisotopic (exact) mass is 211 g/mol. The van der Waals surface area contributed by atoms with Crippen molar-refractivity contribution in [3.8, 4) is 0 Å². The van der Waals surface area contributed by atoms with Crippen molar-refractivity contribution >= 4 is 22.6 Å². The predicted octanol–water partition coefficient (Wildman–Crippen LogP) is 1.21. The molecule has 1 heterocycles. The number of aliphatic hydroxyl groups is 1. The average Bonchev–Trinajstić information content (AvgIpc) is 2.59. The van der Waals surface area contributed by atoms with Crippen molar-refractivity contribution in [3.63, 3.8) is 0 Å². The van der Waals surface area contributed by atoms with Crippen LogP contribution in [0.25, 0.3) is 11.0 Å². The fraction of sp³-hybridized carbons (Fsp3) is 0.222. The second-order valence-corrected chi connectivity index (χ2v) is 3.51. The molecule has 4 nitrogen and oxygen atoms in total. The highest BCUT2D eigenvalue weighted by molar-refractivity contribution is 6.31. The molecule has 14 heavy (non-hydrogen) atoms. The number of nitrogens with two attached hydrogens (primary N) is 1. The molecule has 5 heteroatoms. The molecule has 0 radical (unpaired) electrons. The summed E-state index contributed by atoms with van der Waals surface area (Å²) >= 11 is 5.81. The highest BCUT2D eigenvalue weighted by atomic mass is 35.5. The number of hydrogen-bond donors (Lipinski definition) is 3. The minimum atomic E-state index is -0.471. The molecule has 0 bridgehead atoms. The van der Waals surface area contributed by atoms with Crippen LogP contribution in [0.4, 0.5) is 0 Å². The third-order valence-electron chi connectivity index (χ3n) is 2.01. The van der Waals surface area contributed by atoms with Crippen LogP contribution in [0.5, 0.6) is 0 Å². The van der Waals surface area contributed by atoms with E-state index in [1.165, 1.54) is 0 Å². The van der Waals surface area contributed by atoms with Crippen LogP contribution in [0.15, 0.2) is 18.2 Å². The lowest BCUT2D eigenvalue weighted by molar-refractivity contribution is 0.264. The molecule has 2 aromatic rings. The summed E-state index contributed by atoms with van der Waals surface area (Å²) in [5, 5.41) is 9.50. The van der Waals surface area contributed by atoms with Gasteiger partial charge in [0.05, 0.1) is 23.7 Å². The maximum atomic E-state index is 8.86. The van der Waals surface area contributed by atoms with Gasteiger partial charge in [0.2, 0.25) is 0 Å². The summed E-state index contributed by atoms with van der Waals surface area (Å²) in [6.07, 6.45) is 0. The Morgan fingerprint density at radius 3 is 3.07 bits per heavy atom. The number of fused-ring (bicyclic) bond motifs is 1. The van der Waals surface area contributed by atoms with Gasteiger partial charge in [0.25, 0.3) is 0 Å². The molecule has 0 fully saturated rings. The van der Waals surface area contributed by atoms with Gasteiger partial charge in [-0.15, -0.1) is 0 Å². The summed E-state index contributed by atoms with van der Waals surface area (Å²) in [7, 11) is 0. The predicted molar refractivity (Wildman–Crippen MR) is 55.1 cm³/mol. The first-order valence-electron chi connectivity index (χ1n) is 4.22. The lowest BCUT2D eigenvalue weighted by Crippen LogP contribution is -2.15. The van der Waals surface area contributed by atoms with E-state index < -0.39 is 6.04 Å². The number of aromatic amines is 1. The van der Waals surface area contributed by atoms with Crippen LogP contribution in [-0.2, 0) is 0 Å². The van der Waals surface area contributed by atoms with Gasteiger partial charge in [-0.05, 0) is 18.2 Å². The van der Waals surface area contributed by atoms with Crippen molar-refractivity contribution in [2.45, 2.75) is 6.04 Å². The van der Waals surface area contributed by atoms with Gasteiger partial charge >= 0.3 is 0 Å². The molecule has 0 amide bonds. The van der Waals surface area contributed by atoms with E-state index >= 15 is 0 Å². The van der Waals surface area contributed by atoms with E-state index in [-0.39, 0.29) is 6.61 Å². The van der Waals surface area contributed by atoms with Crippen LogP contribution in [0.1, 0.15) is 11.9 Å². The van der Waals surface area contributed by atoms with E-state index in [1.807, 2.05) is 6.07 Å². The Labute approximate surface area is 85.7 Å². The second-order valence-electron chi connectivity index (χ2n) is 3.07. The third-order valence-corrected chi connectivity index (χ3v) is 2.25. The number of rotatable bonds is 2. The van der Waals surface area contributed by atoms with E-state index in [0.29, 0.717) is 10.8 Å².